The Kier molecular flexibility index (Phi) is 6.37. The van der Waals surface area contributed by atoms with Crippen LogP contribution < -0.4 is 10.2 Å². The fourth-order valence-electron chi connectivity index (χ4n) is 4.31. The highest BCUT2D eigenvalue weighted by Gasteiger charge is 2.31. The standard InChI is InChI=1S/C24H34N2/c1-24(25-19-9-12-20-10-5-4-6-11-20)17-15-21(16-18-24)22-13-7-8-14-23(22)26(2)3/h4-8,10-11,13-14,21,25H,9,12,15-19H2,1-3H3. The second-order valence-corrected chi connectivity index (χ2v) is 8.30. The smallest absolute Gasteiger partial charge is 0.0396 e. The lowest BCUT2D eigenvalue weighted by atomic mass is 9.74. The number of nitrogens with one attached hydrogen (secondary N) is 1. The molecule has 1 fully saturated rings. The van der Waals surface area contributed by atoms with Crippen LogP contribution in [-0.4, -0.2) is 26.2 Å². The van der Waals surface area contributed by atoms with Gasteiger partial charge < -0.3 is 10.2 Å². The summed E-state index contributed by atoms with van der Waals surface area (Å²) >= 11 is 0. The van der Waals surface area contributed by atoms with Crippen molar-refractivity contribution >= 4 is 5.69 Å². The van der Waals surface area contributed by atoms with Gasteiger partial charge in [-0.25, -0.2) is 0 Å². The summed E-state index contributed by atoms with van der Waals surface area (Å²) in [6.45, 7) is 3.54. The highest BCUT2D eigenvalue weighted by Crippen LogP contribution is 2.40. The molecule has 1 saturated carbocycles. The van der Waals surface area contributed by atoms with Gasteiger partial charge in [0.05, 0.1) is 0 Å². The lowest BCUT2D eigenvalue weighted by molar-refractivity contribution is 0.236. The van der Waals surface area contributed by atoms with Crippen LogP contribution in [0, 0.1) is 0 Å². The Hall–Kier alpha value is -1.80. The number of hydrogen-bond acceptors (Lipinski definition) is 2. The number of para-hydroxylation sites is 1. The van der Waals surface area contributed by atoms with E-state index in [9.17, 15) is 0 Å². The molecule has 1 N–H and O–H groups in total. The molecule has 0 aromatic heterocycles. The van der Waals surface area contributed by atoms with E-state index < -0.39 is 0 Å². The van der Waals surface area contributed by atoms with Crippen molar-refractivity contribution in [2.45, 2.75) is 56.9 Å². The molecule has 2 aromatic rings. The Morgan fingerprint density at radius 2 is 1.62 bits per heavy atom. The normalized spacial score (nSPS) is 23.0. The molecule has 0 atom stereocenters. The Balaban J connectivity index is 1.48. The first-order valence-corrected chi connectivity index (χ1v) is 10.1. The molecule has 3 rings (SSSR count). The summed E-state index contributed by atoms with van der Waals surface area (Å²) in [5.41, 5.74) is 4.67. The van der Waals surface area contributed by atoms with Crippen LogP contribution in [0.5, 0.6) is 0 Å². The van der Waals surface area contributed by atoms with Crippen LogP contribution in [0.4, 0.5) is 5.69 Å². The molecule has 0 heterocycles. The number of hydrogen-bond donors (Lipinski definition) is 1. The molecule has 0 radical (unpaired) electrons. The van der Waals surface area contributed by atoms with E-state index in [1.54, 1.807) is 0 Å². The molecule has 26 heavy (non-hydrogen) atoms. The molecule has 2 nitrogen and oxygen atoms in total. The van der Waals surface area contributed by atoms with E-state index in [0.717, 1.165) is 6.54 Å². The third kappa shape index (κ3) is 4.88. The molecule has 0 aliphatic heterocycles. The van der Waals surface area contributed by atoms with E-state index in [1.807, 2.05) is 0 Å². The van der Waals surface area contributed by atoms with Gasteiger partial charge in [0.2, 0.25) is 0 Å². The third-order valence-electron chi connectivity index (χ3n) is 5.98. The van der Waals surface area contributed by atoms with E-state index in [2.05, 4.69) is 85.8 Å². The fraction of sp³-hybridized carbons (Fsp3) is 0.500. The lowest BCUT2D eigenvalue weighted by Crippen LogP contribution is -2.45. The second-order valence-electron chi connectivity index (χ2n) is 8.30. The minimum absolute atomic E-state index is 0.306. The van der Waals surface area contributed by atoms with Crippen molar-refractivity contribution in [2.24, 2.45) is 0 Å². The van der Waals surface area contributed by atoms with Crippen LogP contribution >= 0.6 is 0 Å². The monoisotopic (exact) mass is 350 g/mol. The minimum atomic E-state index is 0.306. The number of nitrogens with zero attached hydrogens (tertiary/aromatic N) is 1. The predicted octanol–water partition coefficient (Wildman–Crippen LogP) is 5.39. The quantitative estimate of drug-likeness (QED) is 0.673. The van der Waals surface area contributed by atoms with Gasteiger partial charge in [-0.05, 0) is 75.1 Å². The third-order valence-corrected chi connectivity index (χ3v) is 5.98. The zero-order chi connectivity index (χ0) is 18.4. The summed E-state index contributed by atoms with van der Waals surface area (Å²) in [5, 5.41) is 3.87. The maximum atomic E-state index is 3.87. The van der Waals surface area contributed by atoms with Crippen molar-refractivity contribution in [2.75, 3.05) is 25.5 Å². The van der Waals surface area contributed by atoms with E-state index >= 15 is 0 Å². The van der Waals surface area contributed by atoms with Gasteiger partial charge in [-0.2, -0.15) is 0 Å². The van der Waals surface area contributed by atoms with Gasteiger partial charge in [0.1, 0.15) is 0 Å². The summed E-state index contributed by atoms with van der Waals surface area (Å²) in [4.78, 5) is 2.25. The Morgan fingerprint density at radius 1 is 0.962 bits per heavy atom. The Morgan fingerprint density at radius 3 is 2.31 bits per heavy atom. The first kappa shape index (κ1) is 19.0. The molecule has 0 saturated heterocycles. The SMILES string of the molecule is CN(C)c1ccccc1C1CCC(C)(NCCCc2ccccc2)CC1. The van der Waals surface area contributed by atoms with Gasteiger partial charge in [-0.15, -0.1) is 0 Å². The molecule has 140 valence electrons. The molecular formula is C24H34N2. The van der Waals surface area contributed by atoms with Gasteiger partial charge in [0.15, 0.2) is 0 Å². The van der Waals surface area contributed by atoms with E-state index in [4.69, 9.17) is 0 Å². The van der Waals surface area contributed by atoms with Crippen LogP contribution in [-0.2, 0) is 6.42 Å². The molecule has 0 bridgehead atoms. The van der Waals surface area contributed by atoms with Crippen molar-refractivity contribution in [1.29, 1.82) is 0 Å². The zero-order valence-electron chi connectivity index (χ0n) is 16.7. The zero-order valence-corrected chi connectivity index (χ0v) is 16.7. The average molecular weight is 351 g/mol. The molecule has 2 aromatic carbocycles. The second kappa shape index (κ2) is 8.73. The maximum absolute atomic E-state index is 3.87. The molecular weight excluding hydrogens is 316 g/mol. The molecule has 0 amide bonds. The summed E-state index contributed by atoms with van der Waals surface area (Å²) in [7, 11) is 4.31. The molecule has 1 aliphatic rings. The van der Waals surface area contributed by atoms with Crippen molar-refractivity contribution in [3.8, 4) is 0 Å². The summed E-state index contributed by atoms with van der Waals surface area (Å²) in [6.07, 6.45) is 7.49. The number of benzene rings is 2. The van der Waals surface area contributed by atoms with Crippen LogP contribution in [0.15, 0.2) is 54.6 Å². The topological polar surface area (TPSA) is 15.3 Å². The van der Waals surface area contributed by atoms with E-state index in [1.165, 1.54) is 55.3 Å². The van der Waals surface area contributed by atoms with Gasteiger partial charge >= 0.3 is 0 Å². The number of aryl methyl sites for hydroxylation is 1. The van der Waals surface area contributed by atoms with Gasteiger partial charge in [0.25, 0.3) is 0 Å². The summed E-state index contributed by atoms with van der Waals surface area (Å²) in [5.74, 6) is 0.702. The van der Waals surface area contributed by atoms with Gasteiger partial charge in [-0.3, -0.25) is 0 Å². The minimum Gasteiger partial charge on any atom is -0.377 e. The first-order chi connectivity index (χ1) is 12.6. The molecule has 0 spiro atoms. The van der Waals surface area contributed by atoms with Crippen molar-refractivity contribution < 1.29 is 0 Å². The van der Waals surface area contributed by atoms with Crippen LogP contribution in [0.1, 0.15) is 56.1 Å². The number of anilines is 1. The van der Waals surface area contributed by atoms with Crippen LogP contribution in [0.25, 0.3) is 0 Å². The molecule has 2 heteroatoms. The average Bonchev–Trinajstić information content (AvgIpc) is 2.67. The van der Waals surface area contributed by atoms with Crippen molar-refractivity contribution in [3.63, 3.8) is 0 Å². The highest BCUT2D eigenvalue weighted by atomic mass is 15.1. The fourth-order valence-corrected chi connectivity index (χ4v) is 4.31. The first-order valence-electron chi connectivity index (χ1n) is 10.1. The Bertz CT molecular complexity index is 670. The summed E-state index contributed by atoms with van der Waals surface area (Å²) < 4.78 is 0. The molecule has 1 aliphatic carbocycles. The van der Waals surface area contributed by atoms with E-state index in [0.29, 0.717) is 11.5 Å². The van der Waals surface area contributed by atoms with Gasteiger partial charge in [-0.1, -0.05) is 48.5 Å². The maximum Gasteiger partial charge on any atom is 0.0396 e. The summed E-state index contributed by atoms with van der Waals surface area (Å²) in [6, 6.07) is 19.8. The Labute approximate surface area is 159 Å². The highest BCUT2D eigenvalue weighted by molar-refractivity contribution is 5.54. The molecule has 0 unspecified atom stereocenters. The number of rotatable bonds is 7. The predicted molar refractivity (Wildman–Crippen MR) is 113 cm³/mol. The van der Waals surface area contributed by atoms with Crippen molar-refractivity contribution in [1.82, 2.24) is 5.32 Å². The lowest BCUT2D eigenvalue weighted by Gasteiger charge is -2.39. The van der Waals surface area contributed by atoms with Crippen molar-refractivity contribution in [3.05, 3.63) is 65.7 Å². The van der Waals surface area contributed by atoms with Crippen LogP contribution in [0.2, 0.25) is 0 Å². The van der Waals surface area contributed by atoms with Gasteiger partial charge in [0, 0.05) is 25.3 Å². The van der Waals surface area contributed by atoms with Crippen LogP contribution in [0.3, 0.4) is 0 Å². The largest absolute Gasteiger partial charge is 0.377 e. The van der Waals surface area contributed by atoms with E-state index in [-0.39, 0.29) is 0 Å².